The number of nitrogens with zero attached hydrogens (tertiary/aromatic N) is 1. The van der Waals surface area contributed by atoms with Gasteiger partial charge in [-0.25, -0.2) is 4.79 Å². The van der Waals surface area contributed by atoms with Crippen molar-refractivity contribution in [3.8, 4) is 0 Å². The van der Waals surface area contributed by atoms with Crippen LogP contribution in [0.25, 0.3) is 0 Å². The molecule has 8 heteroatoms. The molecule has 3 unspecified atom stereocenters. The Labute approximate surface area is 151 Å². The van der Waals surface area contributed by atoms with Crippen LogP contribution in [0.4, 0.5) is 0 Å². The zero-order valence-corrected chi connectivity index (χ0v) is 14.9. The number of hydrogen-bond acceptors (Lipinski definition) is 7. The van der Waals surface area contributed by atoms with Gasteiger partial charge in [-0.2, -0.15) is 0 Å². The molecule has 1 aromatic carbocycles. The summed E-state index contributed by atoms with van der Waals surface area (Å²) in [5.41, 5.74) is 4.82. The molecular weight excluding hydrogens is 340 g/mol. The van der Waals surface area contributed by atoms with Gasteiger partial charge in [-0.3, -0.25) is 14.9 Å². The number of carbonyl (C=O) groups excluding carboxylic acids is 2. The van der Waals surface area contributed by atoms with Crippen LogP contribution >= 0.6 is 0 Å². The van der Waals surface area contributed by atoms with E-state index in [1.165, 1.54) is 6.92 Å². The van der Waals surface area contributed by atoms with E-state index in [1.54, 1.807) is 31.2 Å². The molecule has 0 saturated heterocycles. The van der Waals surface area contributed by atoms with Gasteiger partial charge in [0.1, 0.15) is 12.5 Å². The number of ether oxygens (including phenoxy) is 2. The highest BCUT2D eigenvalue weighted by atomic mass is 16.6. The fourth-order valence-electron chi connectivity index (χ4n) is 2.99. The predicted octanol–water partition coefficient (Wildman–Crippen LogP) is 1.68. The van der Waals surface area contributed by atoms with Crippen LogP contribution in [0.1, 0.15) is 32.3 Å². The third kappa shape index (κ3) is 4.57. The summed E-state index contributed by atoms with van der Waals surface area (Å²) in [6.45, 7) is 2.87. The van der Waals surface area contributed by atoms with Gasteiger partial charge in [0.05, 0.1) is 6.61 Å². The topological polar surface area (TPSA) is 122 Å². The van der Waals surface area contributed by atoms with Crippen LogP contribution < -0.4 is 5.73 Å². The summed E-state index contributed by atoms with van der Waals surface area (Å²) in [6, 6.07) is 7.40. The second-order valence-electron chi connectivity index (χ2n) is 6.69. The van der Waals surface area contributed by atoms with Gasteiger partial charge in [0.2, 0.25) is 0 Å². The van der Waals surface area contributed by atoms with Crippen molar-refractivity contribution < 1.29 is 24.0 Å². The van der Waals surface area contributed by atoms with E-state index in [9.17, 15) is 19.7 Å². The van der Waals surface area contributed by atoms with Crippen molar-refractivity contribution in [2.45, 2.75) is 44.9 Å². The molecule has 0 aromatic heterocycles. The minimum atomic E-state index is -1.93. The molecule has 1 fully saturated rings. The Kier molecular flexibility index (Phi) is 6.31. The lowest BCUT2D eigenvalue weighted by Gasteiger charge is -2.30. The molecule has 1 aliphatic rings. The van der Waals surface area contributed by atoms with Crippen molar-refractivity contribution in [1.29, 1.82) is 0 Å². The average Bonchev–Trinajstić information content (AvgIpc) is 3.42. The summed E-state index contributed by atoms with van der Waals surface area (Å²) < 4.78 is 10.2. The van der Waals surface area contributed by atoms with E-state index in [2.05, 4.69) is 0 Å². The van der Waals surface area contributed by atoms with Gasteiger partial charge in [0.15, 0.2) is 5.54 Å². The number of nitro groups is 1. The lowest BCUT2D eigenvalue weighted by atomic mass is 9.81. The minimum Gasteiger partial charge on any atom is -0.464 e. The van der Waals surface area contributed by atoms with E-state index in [4.69, 9.17) is 15.2 Å². The maximum atomic E-state index is 12.6. The van der Waals surface area contributed by atoms with E-state index in [-0.39, 0.29) is 19.1 Å². The fraction of sp³-hybridized carbons (Fsp3) is 0.556. The monoisotopic (exact) mass is 364 g/mol. The SMILES string of the molecule is CCOC(=O)C(C)(N)C(C(C(=O)OCc1ccccc1)C1CC1)[N+](=O)[O-]. The first-order valence-corrected chi connectivity index (χ1v) is 8.59. The number of nitrogens with two attached hydrogens (primary N) is 1. The lowest BCUT2D eigenvalue weighted by Crippen LogP contribution is -2.62. The van der Waals surface area contributed by atoms with E-state index in [0.717, 1.165) is 5.56 Å². The van der Waals surface area contributed by atoms with Gasteiger partial charge in [0.25, 0.3) is 6.04 Å². The molecule has 8 nitrogen and oxygen atoms in total. The van der Waals surface area contributed by atoms with Crippen LogP contribution in [0.2, 0.25) is 0 Å². The van der Waals surface area contributed by atoms with Crippen molar-refractivity contribution in [3.05, 3.63) is 46.0 Å². The molecule has 0 aliphatic heterocycles. The Morgan fingerprint density at radius 2 is 1.92 bits per heavy atom. The second-order valence-corrected chi connectivity index (χ2v) is 6.69. The first-order chi connectivity index (χ1) is 12.3. The highest BCUT2D eigenvalue weighted by Gasteiger charge is 2.59. The summed E-state index contributed by atoms with van der Waals surface area (Å²) in [6.07, 6.45) is 1.32. The molecule has 0 radical (unpaired) electrons. The van der Waals surface area contributed by atoms with Gasteiger partial charge in [0, 0.05) is 4.92 Å². The first kappa shape index (κ1) is 19.8. The molecule has 1 aromatic rings. The average molecular weight is 364 g/mol. The van der Waals surface area contributed by atoms with Gasteiger partial charge in [-0.15, -0.1) is 0 Å². The highest BCUT2D eigenvalue weighted by Crippen LogP contribution is 2.42. The number of carbonyl (C=O) groups is 2. The van der Waals surface area contributed by atoms with Crippen molar-refractivity contribution in [2.24, 2.45) is 17.6 Å². The molecule has 1 aliphatic carbocycles. The number of benzene rings is 1. The van der Waals surface area contributed by atoms with Gasteiger partial charge < -0.3 is 15.2 Å². The predicted molar refractivity (Wildman–Crippen MR) is 92.5 cm³/mol. The third-order valence-electron chi connectivity index (χ3n) is 4.52. The van der Waals surface area contributed by atoms with Crippen molar-refractivity contribution >= 4 is 11.9 Å². The molecule has 1 saturated carbocycles. The third-order valence-corrected chi connectivity index (χ3v) is 4.52. The van der Waals surface area contributed by atoms with Crippen LogP contribution in [0.3, 0.4) is 0 Å². The molecule has 2 N–H and O–H groups in total. The van der Waals surface area contributed by atoms with Crippen LogP contribution in [0.15, 0.2) is 30.3 Å². The van der Waals surface area contributed by atoms with Crippen LogP contribution in [-0.4, -0.2) is 35.0 Å². The molecular formula is C18H24N2O6. The van der Waals surface area contributed by atoms with Crippen LogP contribution in [0.5, 0.6) is 0 Å². The van der Waals surface area contributed by atoms with E-state index in [1.807, 2.05) is 6.07 Å². The smallest absolute Gasteiger partial charge is 0.333 e. The number of hydrogen-bond donors (Lipinski definition) is 1. The zero-order chi connectivity index (χ0) is 19.3. The Balaban J connectivity index is 2.20. The quantitative estimate of drug-likeness (QED) is 0.402. The largest absolute Gasteiger partial charge is 0.464 e. The molecule has 142 valence electrons. The van der Waals surface area contributed by atoms with Crippen molar-refractivity contribution in [1.82, 2.24) is 0 Å². The summed E-state index contributed by atoms with van der Waals surface area (Å²) in [7, 11) is 0. The first-order valence-electron chi connectivity index (χ1n) is 8.59. The van der Waals surface area contributed by atoms with E-state index < -0.39 is 34.4 Å². The molecule has 2 rings (SSSR count). The maximum Gasteiger partial charge on any atom is 0.333 e. The zero-order valence-electron chi connectivity index (χ0n) is 14.9. The summed E-state index contributed by atoms with van der Waals surface area (Å²) in [5, 5.41) is 11.7. The summed E-state index contributed by atoms with van der Waals surface area (Å²) in [5.74, 6) is -2.92. The van der Waals surface area contributed by atoms with Crippen molar-refractivity contribution in [2.75, 3.05) is 6.61 Å². The van der Waals surface area contributed by atoms with Gasteiger partial charge >= 0.3 is 11.9 Å². The summed E-state index contributed by atoms with van der Waals surface area (Å²) in [4.78, 5) is 35.8. The maximum absolute atomic E-state index is 12.6. The van der Waals surface area contributed by atoms with Crippen LogP contribution in [-0.2, 0) is 25.7 Å². The molecule has 0 heterocycles. The Morgan fingerprint density at radius 3 is 2.42 bits per heavy atom. The lowest BCUT2D eigenvalue weighted by molar-refractivity contribution is -0.538. The molecule has 0 amide bonds. The Bertz CT molecular complexity index is 657. The summed E-state index contributed by atoms with van der Waals surface area (Å²) >= 11 is 0. The van der Waals surface area contributed by atoms with E-state index >= 15 is 0 Å². The van der Waals surface area contributed by atoms with Gasteiger partial charge in [-0.05, 0) is 38.2 Å². The van der Waals surface area contributed by atoms with Crippen molar-refractivity contribution in [3.63, 3.8) is 0 Å². The standard InChI is InChI=1S/C18H24N2O6/c1-3-25-17(22)18(2,19)15(20(23)24)14(13-9-10-13)16(21)26-11-12-7-5-4-6-8-12/h4-8,13-15H,3,9-11,19H2,1-2H3. The molecule has 0 spiro atoms. The molecule has 0 bridgehead atoms. The van der Waals surface area contributed by atoms with Gasteiger partial charge in [-0.1, -0.05) is 30.3 Å². The Morgan fingerprint density at radius 1 is 1.31 bits per heavy atom. The van der Waals surface area contributed by atoms with E-state index in [0.29, 0.717) is 12.8 Å². The Hall–Kier alpha value is -2.48. The number of rotatable bonds is 9. The van der Waals surface area contributed by atoms with Crippen LogP contribution in [0, 0.1) is 22.0 Å². The number of esters is 2. The minimum absolute atomic E-state index is 0.00796. The fourth-order valence-corrected chi connectivity index (χ4v) is 2.99. The second kappa shape index (κ2) is 8.27. The molecule has 3 atom stereocenters. The highest BCUT2D eigenvalue weighted by molar-refractivity contribution is 5.83. The molecule has 26 heavy (non-hydrogen) atoms. The normalized spacial score (nSPS) is 18.3.